The van der Waals surface area contributed by atoms with Gasteiger partial charge in [-0.15, -0.1) is 0 Å². The van der Waals surface area contributed by atoms with Gasteiger partial charge in [0, 0.05) is 6.42 Å². The van der Waals surface area contributed by atoms with Gasteiger partial charge in [0.25, 0.3) is 0 Å². The smallest absolute Gasteiger partial charge is 0.315 e. The first kappa shape index (κ1) is 22.6. The van der Waals surface area contributed by atoms with Gasteiger partial charge < -0.3 is 26.1 Å². The first-order valence-corrected chi connectivity index (χ1v) is 9.63. The fourth-order valence-corrected chi connectivity index (χ4v) is 2.81. The van der Waals surface area contributed by atoms with Crippen molar-refractivity contribution >= 4 is 24.1 Å². The molecule has 0 heterocycles. The van der Waals surface area contributed by atoms with Crippen molar-refractivity contribution in [1.29, 1.82) is 0 Å². The fraction of sp³-hybridized carbons (Fsp3) is 0.273. The van der Waals surface area contributed by atoms with Crippen molar-refractivity contribution in [1.82, 2.24) is 21.3 Å². The van der Waals surface area contributed by atoms with Crippen LogP contribution in [0.4, 0.5) is 4.79 Å². The van der Waals surface area contributed by atoms with Gasteiger partial charge in [-0.1, -0.05) is 60.7 Å². The van der Waals surface area contributed by atoms with Gasteiger partial charge in [0.05, 0.1) is 19.1 Å². The Bertz CT molecular complexity index is 843. The lowest BCUT2D eigenvalue weighted by Crippen LogP contribution is -2.52. The predicted octanol–water partition coefficient (Wildman–Crippen LogP) is 1.09. The molecule has 158 valence electrons. The average Bonchev–Trinajstić information content (AvgIpc) is 2.77. The van der Waals surface area contributed by atoms with Crippen LogP contribution in [0.25, 0.3) is 0 Å². The van der Waals surface area contributed by atoms with Crippen LogP contribution in [0.3, 0.4) is 0 Å². The van der Waals surface area contributed by atoms with E-state index in [-0.39, 0.29) is 31.5 Å². The van der Waals surface area contributed by atoms with Crippen LogP contribution in [0.1, 0.15) is 24.1 Å². The van der Waals surface area contributed by atoms with Crippen molar-refractivity contribution < 1.29 is 19.2 Å². The van der Waals surface area contributed by atoms with Gasteiger partial charge in [0.15, 0.2) is 0 Å². The van der Waals surface area contributed by atoms with Gasteiger partial charge in [-0.25, -0.2) is 4.79 Å². The standard InChI is InChI=1S/C22H26N4O4/c1-16(18-10-6-3-7-11-18)25-20(28)15-24-22(30)26-19(21(29)23-12-13-27)14-17-8-4-2-5-9-17/h2-11,13,16,19H,12,14-15H2,1H3,(H,23,29)(H,25,28)(H2,24,26,30). The highest BCUT2D eigenvalue weighted by Gasteiger charge is 2.21. The predicted molar refractivity (Wildman–Crippen MR) is 113 cm³/mol. The Morgan fingerprint density at radius 1 is 0.900 bits per heavy atom. The number of amides is 4. The normalized spacial score (nSPS) is 12.2. The first-order valence-electron chi connectivity index (χ1n) is 9.63. The quantitative estimate of drug-likeness (QED) is 0.439. The molecule has 0 saturated carbocycles. The van der Waals surface area contributed by atoms with Crippen LogP contribution in [0.5, 0.6) is 0 Å². The van der Waals surface area contributed by atoms with Gasteiger partial charge >= 0.3 is 6.03 Å². The molecule has 8 heteroatoms. The summed E-state index contributed by atoms with van der Waals surface area (Å²) in [6.45, 7) is 1.46. The second-order valence-electron chi connectivity index (χ2n) is 6.68. The SMILES string of the molecule is CC(NC(=O)CNC(=O)NC(Cc1ccccc1)C(=O)NCC=O)c1ccccc1. The van der Waals surface area contributed by atoms with Crippen molar-refractivity contribution in [2.24, 2.45) is 0 Å². The maximum absolute atomic E-state index is 12.3. The number of carbonyl (C=O) groups is 4. The van der Waals surface area contributed by atoms with E-state index in [9.17, 15) is 19.2 Å². The van der Waals surface area contributed by atoms with E-state index < -0.39 is 18.0 Å². The van der Waals surface area contributed by atoms with Crippen molar-refractivity contribution in [3.05, 3.63) is 71.8 Å². The summed E-state index contributed by atoms with van der Waals surface area (Å²) >= 11 is 0. The Morgan fingerprint density at radius 3 is 2.17 bits per heavy atom. The van der Waals surface area contributed by atoms with Gasteiger partial charge in [0.1, 0.15) is 12.3 Å². The summed E-state index contributed by atoms with van der Waals surface area (Å²) in [7, 11) is 0. The molecule has 4 amide bonds. The zero-order valence-electron chi connectivity index (χ0n) is 16.8. The number of urea groups is 1. The van der Waals surface area contributed by atoms with Gasteiger partial charge in [-0.05, 0) is 18.1 Å². The van der Waals surface area contributed by atoms with E-state index in [0.29, 0.717) is 6.29 Å². The summed E-state index contributed by atoms with van der Waals surface area (Å²) in [6, 6.07) is 16.9. The van der Waals surface area contributed by atoms with Crippen molar-refractivity contribution in [2.75, 3.05) is 13.1 Å². The lowest BCUT2D eigenvalue weighted by atomic mass is 10.1. The lowest BCUT2D eigenvalue weighted by molar-refractivity contribution is -0.124. The topological polar surface area (TPSA) is 116 Å². The van der Waals surface area contributed by atoms with Crippen molar-refractivity contribution in [3.63, 3.8) is 0 Å². The average molecular weight is 410 g/mol. The Balaban J connectivity index is 1.87. The molecule has 2 rings (SSSR count). The molecule has 0 spiro atoms. The molecule has 0 fully saturated rings. The second-order valence-corrected chi connectivity index (χ2v) is 6.68. The largest absolute Gasteiger partial charge is 0.348 e. The highest BCUT2D eigenvalue weighted by atomic mass is 16.2. The fourth-order valence-electron chi connectivity index (χ4n) is 2.81. The van der Waals surface area contributed by atoms with Crippen molar-refractivity contribution in [2.45, 2.75) is 25.4 Å². The molecule has 2 unspecified atom stereocenters. The highest BCUT2D eigenvalue weighted by molar-refractivity contribution is 5.89. The number of benzene rings is 2. The summed E-state index contributed by atoms with van der Waals surface area (Å²) in [6.07, 6.45) is 0.811. The molecule has 30 heavy (non-hydrogen) atoms. The number of aldehydes is 1. The third-order valence-electron chi connectivity index (χ3n) is 4.35. The van der Waals surface area contributed by atoms with Crippen LogP contribution in [-0.2, 0) is 20.8 Å². The molecule has 0 aliphatic heterocycles. The Morgan fingerprint density at radius 2 is 1.53 bits per heavy atom. The molecule has 0 aliphatic rings. The van der Waals surface area contributed by atoms with E-state index in [2.05, 4.69) is 21.3 Å². The van der Waals surface area contributed by atoms with Crippen LogP contribution in [0.15, 0.2) is 60.7 Å². The van der Waals surface area contributed by atoms with Crippen LogP contribution in [-0.4, -0.2) is 43.3 Å². The van der Waals surface area contributed by atoms with E-state index in [4.69, 9.17) is 0 Å². The molecule has 0 aromatic heterocycles. The van der Waals surface area contributed by atoms with Crippen LogP contribution in [0, 0.1) is 0 Å². The van der Waals surface area contributed by atoms with E-state index >= 15 is 0 Å². The summed E-state index contributed by atoms with van der Waals surface area (Å²) in [5, 5.41) is 10.2. The summed E-state index contributed by atoms with van der Waals surface area (Å²) in [5.74, 6) is -0.838. The summed E-state index contributed by atoms with van der Waals surface area (Å²) in [4.78, 5) is 47.2. The minimum atomic E-state index is -0.890. The van der Waals surface area contributed by atoms with Crippen LogP contribution in [0.2, 0.25) is 0 Å². The zero-order chi connectivity index (χ0) is 21.8. The number of nitrogens with one attached hydrogen (secondary N) is 4. The molecular formula is C22H26N4O4. The molecule has 0 radical (unpaired) electrons. The lowest BCUT2D eigenvalue weighted by Gasteiger charge is -2.19. The number of rotatable bonds is 10. The highest BCUT2D eigenvalue weighted by Crippen LogP contribution is 2.10. The zero-order valence-corrected chi connectivity index (χ0v) is 16.8. The molecule has 0 aliphatic carbocycles. The van der Waals surface area contributed by atoms with Crippen molar-refractivity contribution in [3.8, 4) is 0 Å². The Hall–Kier alpha value is -3.68. The molecule has 0 saturated heterocycles. The van der Waals surface area contributed by atoms with Gasteiger partial charge in [-0.2, -0.15) is 0 Å². The molecule has 2 aromatic rings. The van der Waals surface area contributed by atoms with E-state index in [0.717, 1.165) is 11.1 Å². The molecule has 2 aromatic carbocycles. The van der Waals surface area contributed by atoms with E-state index in [1.54, 1.807) is 0 Å². The van der Waals surface area contributed by atoms with E-state index in [1.165, 1.54) is 0 Å². The molecule has 4 N–H and O–H groups in total. The molecular weight excluding hydrogens is 384 g/mol. The monoisotopic (exact) mass is 410 g/mol. The summed E-state index contributed by atoms with van der Waals surface area (Å²) < 4.78 is 0. The van der Waals surface area contributed by atoms with Gasteiger partial charge in [-0.3, -0.25) is 9.59 Å². The number of hydrogen-bond acceptors (Lipinski definition) is 4. The first-order chi connectivity index (χ1) is 14.5. The van der Waals surface area contributed by atoms with Crippen LogP contribution < -0.4 is 21.3 Å². The molecule has 8 nitrogen and oxygen atoms in total. The summed E-state index contributed by atoms with van der Waals surface area (Å²) in [5.41, 5.74) is 1.79. The van der Waals surface area contributed by atoms with Gasteiger partial charge in [0.2, 0.25) is 11.8 Å². The molecule has 2 atom stereocenters. The number of hydrogen-bond donors (Lipinski definition) is 4. The second kappa shape index (κ2) is 12.0. The Kier molecular flexibility index (Phi) is 9.05. The maximum Gasteiger partial charge on any atom is 0.315 e. The minimum Gasteiger partial charge on any atom is -0.348 e. The van der Waals surface area contributed by atoms with Crippen LogP contribution >= 0.6 is 0 Å². The third-order valence-corrected chi connectivity index (χ3v) is 4.35. The maximum atomic E-state index is 12.3. The molecule has 0 bridgehead atoms. The minimum absolute atomic E-state index is 0.146. The number of carbonyl (C=O) groups excluding carboxylic acids is 4. The Labute approximate surface area is 175 Å². The third kappa shape index (κ3) is 7.75. The van der Waals surface area contributed by atoms with E-state index in [1.807, 2.05) is 67.6 Å².